The molecule has 1 aromatic carbocycles. The number of halogens is 3. The summed E-state index contributed by atoms with van der Waals surface area (Å²) in [6.45, 7) is 2.39. The zero-order valence-corrected chi connectivity index (χ0v) is 10.5. The van der Waals surface area contributed by atoms with Gasteiger partial charge in [0.05, 0.1) is 17.2 Å². The van der Waals surface area contributed by atoms with E-state index in [1.807, 2.05) is 6.92 Å². The molecule has 0 amide bonds. The first-order valence-electron chi connectivity index (χ1n) is 5.84. The average Bonchev–Trinajstić information content (AvgIpc) is 2.35. The lowest BCUT2D eigenvalue weighted by Crippen LogP contribution is -2.14. The van der Waals surface area contributed by atoms with Crippen molar-refractivity contribution in [2.75, 3.05) is 18.5 Å². The highest BCUT2D eigenvalue weighted by Gasteiger charge is 2.33. The van der Waals surface area contributed by atoms with Crippen LogP contribution in [0.4, 0.5) is 18.9 Å². The molecule has 0 heterocycles. The van der Waals surface area contributed by atoms with Crippen molar-refractivity contribution in [3.63, 3.8) is 0 Å². The third kappa shape index (κ3) is 4.45. The molecule has 1 aromatic rings. The van der Waals surface area contributed by atoms with E-state index in [4.69, 9.17) is 10.4 Å². The summed E-state index contributed by atoms with van der Waals surface area (Å²) in [5.74, 6) is 0.148. The molecular weight excluding hydrogens is 257 g/mol. The van der Waals surface area contributed by atoms with Crippen LogP contribution in [0.5, 0.6) is 0 Å². The number of nitriles is 1. The number of benzene rings is 1. The highest BCUT2D eigenvalue weighted by molar-refractivity contribution is 5.53. The Bertz CT molecular complexity index is 466. The summed E-state index contributed by atoms with van der Waals surface area (Å²) >= 11 is 0. The van der Waals surface area contributed by atoms with Crippen molar-refractivity contribution in [2.24, 2.45) is 5.92 Å². The van der Waals surface area contributed by atoms with Crippen LogP contribution in [0.1, 0.15) is 24.5 Å². The second kappa shape index (κ2) is 6.43. The third-order valence-electron chi connectivity index (χ3n) is 2.72. The molecule has 1 rings (SSSR count). The van der Waals surface area contributed by atoms with Crippen molar-refractivity contribution in [1.29, 1.82) is 5.26 Å². The highest BCUT2D eigenvalue weighted by atomic mass is 19.4. The maximum Gasteiger partial charge on any atom is 0.417 e. The average molecular weight is 272 g/mol. The lowest BCUT2D eigenvalue weighted by atomic mass is 10.1. The van der Waals surface area contributed by atoms with E-state index in [0.717, 1.165) is 12.1 Å². The normalized spacial score (nSPS) is 12.8. The Hall–Kier alpha value is -1.74. The summed E-state index contributed by atoms with van der Waals surface area (Å²) in [6.07, 6.45) is -3.96. The topological polar surface area (TPSA) is 56.0 Å². The molecule has 0 radical (unpaired) electrons. The van der Waals surface area contributed by atoms with Crippen molar-refractivity contribution in [3.05, 3.63) is 29.3 Å². The van der Waals surface area contributed by atoms with Crippen LogP contribution in [0.15, 0.2) is 18.2 Å². The van der Waals surface area contributed by atoms with E-state index in [1.54, 1.807) is 0 Å². The molecule has 0 fully saturated rings. The van der Waals surface area contributed by atoms with Crippen LogP contribution in [0.2, 0.25) is 0 Å². The maximum absolute atomic E-state index is 12.7. The van der Waals surface area contributed by atoms with Crippen LogP contribution in [-0.4, -0.2) is 18.3 Å². The van der Waals surface area contributed by atoms with Gasteiger partial charge in [-0.15, -0.1) is 0 Å². The largest absolute Gasteiger partial charge is 0.417 e. The first-order chi connectivity index (χ1) is 8.88. The van der Waals surface area contributed by atoms with Gasteiger partial charge in [0, 0.05) is 18.8 Å². The molecule has 104 valence electrons. The quantitative estimate of drug-likeness (QED) is 0.866. The molecule has 0 spiro atoms. The molecule has 0 aliphatic carbocycles. The number of alkyl halides is 3. The number of nitrogens with one attached hydrogen (secondary N) is 1. The summed E-state index contributed by atoms with van der Waals surface area (Å²) in [5.41, 5.74) is -1.01. The van der Waals surface area contributed by atoms with Crippen LogP contribution in [0.3, 0.4) is 0 Å². The van der Waals surface area contributed by atoms with Gasteiger partial charge >= 0.3 is 6.18 Å². The molecule has 0 bridgehead atoms. The Morgan fingerprint density at radius 1 is 1.42 bits per heavy atom. The molecule has 3 nitrogen and oxygen atoms in total. The summed E-state index contributed by atoms with van der Waals surface area (Å²) in [5, 5.41) is 20.3. The fourth-order valence-corrected chi connectivity index (χ4v) is 1.60. The lowest BCUT2D eigenvalue weighted by molar-refractivity contribution is -0.137. The Balaban J connectivity index is 2.85. The van der Waals surface area contributed by atoms with Crippen LogP contribution >= 0.6 is 0 Å². The molecule has 19 heavy (non-hydrogen) atoms. The zero-order valence-electron chi connectivity index (χ0n) is 10.5. The van der Waals surface area contributed by atoms with Gasteiger partial charge in [-0.1, -0.05) is 6.92 Å². The van der Waals surface area contributed by atoms with E-state index in [9.17, 15) is 13.2 Å². The predicted octanol–water partition coefficient (Wildman–Crippen LogP) is 3.01. The van der Waals surface area contributed by atoms with E-state index < -0.39 is 11.7 Å². The van der Waals surface area contributed by atoms with Gasteiger partial charge in [-0.3, -0.25) is 0 Å². The Morgan fingerprint density at radius 3 is 2.63 bits per heavy atom. The SMILES string of the molecule is CC(CCO)CNc1ccc(C#N)c(C(F)(F)F)c1. The third-order valence-corrected chi connectivity index (χ3v) is 2.72. The fraction of sp³-hybridized carbons (Fsp3) is 0.462. The Labute approximate surface area is 109 Å². The summed E-state index contributed by atoms with van der Waals surface area (Å²) in [6, 6.07) is 5.07. The molecule has 0 saturated heterocycles. The van der Waals surface area contributed by atoms with Gasteiger partial charge in [0.15, 0.2) is 0 Å². The molecule has 1 unspecified atom stereocenters. The number of hydrogen-bond acceptors (Lipinski definition) is 3. The molecule has 0 aliphatic rings. The molecule has 0 saturated carbocycles. The molecule has 0 aromatic heterocycles. The van der Waals surface area contributed by atoms with Crippen LogP contribution in [-0.2, 0) is 6.18 Å². The number of nitrogens with zero attached hydrogens (tertiary/aromatic N) is 1. The van der Waals surface area contributed by atoms with E-state index in [1.165, 1.54) is 12.1 Å². The van der Waals surface area contributed by atoms with E-state index in [2.05, 4.69) is 5.32 Å². The minimum absolute atomic E-state index is 0.0457. The number of rotatable bonds is 5. The maximum atomic E-state index is 12.7. The van der Waals surface area contributed by atoms with E-state index in [0.29, 0.717) is 18.7 Å². The zero-order chi connectivity index (χ0) is 14.5. The van der Waals surface area contributed by atoms with Crippen LogP contribution in [0.25, 0.3) is 0 Å². The predicted molar refractivity (Wildman–Crippen MR) is 65.5 cm³/mol. The molecule has 1 atom stereocenters. The second-order valence-electron chi connectivity index (χ2n) is 4.37. The number of aliphatic hydroxyl groups is 1. The van der Waals surface area contributed by atoms with Gasteiger partial charge in [-0.2, -0.15) is 18.4 Å². The first kappa shape index (κ1) is 15.3. The number of hydrogen-bond donors (Lipinski definition) is 2. The molecule has 6 heteroatoms. The second-order valence-corrected chi connectivity index (χ2v) is 4.37. The van der Waals surface area contributed by atoms with E-state index >= 15 is 0 Å². The molecular formula is C13H15F3N2O. The van der Waals surface area contributed by atoms with Gasteiger partial charge in [-0.05, 0) is 30.5 Å². The summed E-state index contributed by atoms with van der Waals surface area (Å²) in [4.78, 5) is 0. The van der Waals surface area contributed by atoms with Crippen molar-refractivity contribution in [1.82, 2.24) is 0 Å². The molecule has 0 aliphatic heterocycles. The summed E-state index contributed by atoms with van der Waals surface area (Å²) in [7, 11) is 0. The van der Waals surface area contributed by atoms with Crippen molar-refractivity contribution >= 4 is 5.69 Å². The number of anilines is 1. The highest BCUT2D eigenvalue weighted by Crippen LogP contribution is 2.33. The van der Waals surface area contributed by atoms with Gasteiger partial charge in [0.25, 0.3) is 0 Å². The Morgan fingerprint density at radius 2 is 2.11 bits per heavy atom. The van der Waals surface area contributed by atoms with Gasteiger partial charge in [0.2, 0.25) is 0 Å². The smallest absolute Gasteiger partial charge is 0.396 e. The van der Waals surface area contributed by atoms with E-state index in [-0.39, 0.29) is 18.1 Å². The Kier molecular flexibility index (Phi) is 5.19. The minimum atomic E-state index is -4.54. The first-order valence-corrected chi connectivity index (χ1v) is 5.84. The van der Waals surface area contributed by atoms with Crippen molar-refractivity contribution < 1.29 is 18.3 Å². The van der Waals surface area contributed by atoms with Crippen molar-refractivity contribution in [2.45, 2.75) is 19.5 Å². The van der Waals surface area contributed by atoms with Crippen molar-refractivity contribution in [3.8, 4) is 6.07 Å². The van der Waals surface area contributed by atoms with Crippen LogP contribution in [0, 0.1) is 17.2 Å². The van der Waals surface area contributed by atoms with Gasteiger partial charge in [-0.25, -0.2) is 0 Å². The fourth-order valence-electron chi connectivity index (χ4n) is 1.60. The lowest BCUT2D eigenvalue weighted by Gasteiger charge is -2.14. The van der Waals surface area contributed by atoms with Gasteiger partial charge < -0.3 is 10.4 Å². The minimum Gasteiger partial charge on any atom is -0.396 e. The summed E-state index contributed by atoms with van der Waals surface area (Å²) < 4.78 is 38.2. The molecule has 2 N–H and O–H groups in total. The van der Waals surface area contributed by atoms with Crippen LogP contribution < -0.4 is 5.32 Å². The monoisotopic (exact) mass is 272 g/mol. The number of aliphatic hydroxyl groups excluding tert-OH is 1. The standard InChI is InChI=1S/C13H15F3N2O/c1-9(4-5-19)8-18-11-3-2-10(7-17)12(6-11)13(14,15)16/h2-3,6,9,18-19H,4-5,8H2,1H3. The van der Waals surface area contributed by atoms with Gasteiger partial charge in [0.1, 0.15) is 0 Å².